The molecule has 5 nitrogen and oxygen atoms in total. The standard InChI is InChI=1S/C19H18N2O3/c1-13-17(18(21-24-13)15-10-6-3-7-11-15)19(23)20-16(12-22)14-8-4-2-5-9-14/h2-11,16,22H,12H2,1H3,(H,20,23)/t16-/m1/s1. The fourth-order valence-corrected chi connectivity index (χ4v) is 2.58. The van der Waals surface area contributed by atoms with Gasteiger partial charge >= 0.3 is 0 Å². The van der Waals surface area contributed by atoms with E-state index in [-0.39, 0.29) is 12.5 Å². The molecule has 1 atom stereocenters. The highest BCUT2D eigenvalue weighted by atomic mass is 16.5. The summed E-state index contributed by atoms with van der Waals surface area (Å²) in [6.07, 6.45) is 0. The van der Waals surface area contributed by atoms with E-state index in [1.165, 1.54) is 0 Å². The smallest absolute Gasteiger partial charge is 0.257 e. The Morgan fingerprint density at radius 1 is 1.12 bits per heavy atom. The fraction of sp³-hybridized carbons (Fsp3) is 0.158. The lowest BCUT2D eigenvalue weighted by Crippen LogP contribution is -2.31. The number of hydrogen-bond acceptors (Lipinski definition) is 4. The van der Waals surface area contributed by atoms with Crippen molar-refractivity contribution in [1.29, 1.82) is 0 Å². The molecule has 0 aliphatic carbocycles. The topological polar surface area (TPSA) is 75.4 Å². The molecule has 0 spiro atoms. The largest absolute Gasteiger partial charge is 0.394 e. The first-order chi connectivity index (χ1) is 11.7. The summed E-state index contributed by atoms with van der Waals surface area (Å²) in [5, 5.41) is 16.5. The number of aryl methyl sites for hydroxylation is 1. The number of aromatic nitrogens is 1. The van der Waals surface area contributed by atoms with Gasteiger partial charge in [0.25, 0.3) is 5.91 Å². The molecule has 1 aromatic heterocycles. The molecule has 122 valence electrons. The zero-order chi connectivity index (χ0) is 16.9. The minimum atomic E-state index is -0.489. The summed E-state index contributed by atoms with van der Waals surface area (Å²) in [6.45, 7) is 1.51. The first kappa shape index (κ1) is 16.0. The third-order valence-corrected chi connectivity index (χ3v) is 3.83. The summed E-state index contributed by atoms with van der Waals surface area (Å²) < 4.78 is 5.22. The van der Waals surface area contributed by atoms with Crippen LogP contribution in [0.15, 0.2) is 65.2 Å². The second-order valence-corrected chi connectivity index (χ2v) is 5.45. The van der Waals surface area contributed by atoms with Crippen molar-refractivity contribution in [3.8, 4) is 11.3 Å². The third-order valence-electron chi connectivity index (χ3n) is 3.83. The lowest BCUT2D eigenvalue weighted by Gasteiger charge is -2.16. The first-order valence-corrected chi connectivity index (χ1v) is 7.69. The van der Waals surface area contributed by atoms with Crippen LogP contribution in [-0.4, -0.2) is 22.8 Å². The molecule has 1 heterocycles. The second-order valence-electron chi connectivity index (χ2n) is 5.45. The summed E-state index contributed by atoms with van der Waals surface area (Å²) in [5.41, 5.74) is 2.52. The normalized spacial score (nSPS) is 11.9. The molecular weight excluding hydrogens is 304 g/mol. The van der Waals surface area contributed by atoms with E-state index in [0.29, 0.717) is 17.0 Å². The molecule has 0 aliphatic heterocycles. The second kappa shape index (κ2) is 7.10. The van der Waals surface area contributed by atoms with Gasteiger partial charge in [-0.15, -0.1) is 0 Å². The van der Waals surface area contributed by atoms with E-state index in [9.17, 15) is 9.90 Å². The molecule has 2 N–H and O–H groups in total. The Morgan fingerprint density at radius 2 is 1.75 bits per heavy atom. The van der Waals surface area contributed by atoms with Crippen molar-refractivity contribution in [3.05, 3.63) is 77.6 Å². The Bertz CT molecular complexity index is 813. The van der Waals surface area contributed by atoms with Gasteiger partial charge in [0.05, 0.1) is 12.6 Å². The van der Waals surface area contributed by atoms with Crippen LogP contribution in [0.25, 0.3) is 11.3 Å². The summed E-state index contributed by atoms with van der Waals surface area (Å²) in [5.74, 6) is 0.117. The van der Waals surface area contributed by atoms with Crippen molar-refractivity contribution < 1.29 is 14.4 Å². The molecule has 2 aromatic carbocycles. The van der Waals surface area contributed by atoms with Gasteiger partial charge in [-0.05, 0) is 12.5 Å². The van der Waals surface area contributed by atoms with Crippen LogP contribution < -0.4 is 5.32 Å². The van der Waals surface area contributed by atoms with E-state index in [1.54, 1.807) is 6.92 Å². The number of benzene rings is 2. The van der Waals surface area contributed by atoms with Gasteiger partial charge in [-0.1, -0.05) is 65.8 Å². The Morgan fingerprint density at radius 3 is 2.38 bits per heavy atom. The predicted octanol–water partition coefficient (Wildman–Crippen LogP) is 3.11. The molecule has 0 radical (unpaired) electrons. The number of aliphatic hydroxyl groups excluding tert-OH is 1. The molecule has 0 aliphatic rings. The molecular formula is C19H18N2O3. The van der Waals surface area contributed by atoms with Gasteiger partial charge in [-0.3, -0.25) is 4.79 Å². The maximum atomic E-state index is 12.7. The minimum absolute atomic E-state index is 0.194. The summed E-state index contributed by atoms with van der Waals surface area (Å²) >= 11 is 0. The molecule has 3 aromatic rings. The minimum Gasteiger partial charge on any atom is -0.394 e. The van der Waals surface area contributed by atoms with Gasteiger partial charge in [0, 0.05) is 5.56 Å². The zero-order valence-electron chi connectivity index (χ0n) is 13.3. The third kappa shape index (κ3) is 3.21. The quantitative estimate of drug-likeness (QED) is 0.757. The number of nitrogens with zero attached hydrogens (tertiary/aromatic N) is 1. The van der Waals surface area contributed by atoms with Gasteiger partial charge in [-0.25, -0.2) is 0 Å². The molecule has 3 rings (SSSR count). The van der Waals surface area contributed by atoms with Crippen LogP contribution in [0, 0.1) is 6.92 Å². The van der Waals surface area contributed by atoms with Crippen LogP contribution in [0.1, 0.15) is 27.7 Å². The summed E-state index contributed by atoms with van der Waals surface area (Å²) in [4.78, 5) is 12.7. The molecule has 0 saturated carbocycles. The first-order valence-electron chi connectivity index (χ1n) is 7.69. The van der Waals surface area contributed by atoms with E-state index < -0.39 is 6.04 Å². The number of nitrogens with one attached hydrogen (secondary N) is 1. The molecule has 0 unspecified atom stereocenters. The van der Waals surface area contributed by atoms with Crippen LogP contribution >= 0.6 is 0 Å². The van der Waals surface area contributed by atoms with Gasteiger partial charge in [0.15, 0.2) is 0 Å². The molecule has 0 bridgehead atoms. The average Bonchev–Trinajstić information content (AvgIpc) is 3.02. The van der Waals surface area contributed by atoms with Crippen LogP contribution in [-0.2, 0) is 0 Å². The molecule has 1 amide bonds. The number of amides is 1. The Kier molecular flexibility index (Phi) is 4.72. The fourth-order valence-electron chi connectivity index (χ4n) is 2.58. The predicted molar refractivity (Wildman–Crippen MR) is 90.4 cm³/mol. The van der Waals surface area contributed by atoms with Crippen LogP contribution in [0.5, 0.6) is 0 Å². The number of hydrogen-bond donors (Lipinski definition) is 2. The molecule has 0 saturated heterocycles. The van der Waals surface area contributed by atoms with Gasteiger partial charge < -0.3 is 14.9 Å². The highest BCUT2D eigenvalue weighted by Crippen LogP contribution is 2.25. The maximum absolute atomic E-state index is 12.7. The van der Waals surface area contributed by atoms with Gasteiger partial charge in [-0.2, -0.15) is 0 Å². The number of aliphatic hydroxyl groups is 1. The van der Waals surface area contributed by atoms with Crippen molar-refractivity contribution in [2.75, 3.05) is 6.61 Å². The van der Waals surface area contributed by atoms with E-state index in [2.05, 4.69) is 10.5 Å². The van der Waals surface area contributed by atoms with Crippen molar-refractivity contribution in [2.45, 2.75) is 13.0 Å². The number of rotatable bonds is 5. The Hall–Kier alpha value is -2.92. The van der Waals surface area contributed by atoms with Crippen molar-refractivity contribution in [1.82, 2.24) is 10.5 Å². The summed E-state index contributed by atoms with van der Waals surface area (Å²) in [7, 11) is 0. The average molecular weight is 322 g/mol. The van der Waals surface area contributed by atoms with Crippen LogP contribution in [0.2, 0.25) is 0 Å². The lowest BCUT2D eigenvalue weighted by molar-refractivity contribution is 0.0915. The molecule has 24 heavy (non-hydrogen) atoms. The number of carbonyl (C=O) groups is 1. The van der Waals surface area contributed by atoms with Gasteiger partial charge in [0.1, 0.15) is 17.0 Å². The SMILES string of the molecule is Cc1onc(-c2ccccc2)c1C(=O)N[C@H](CO)c1ccccc1. The van der Waals surface area contributed by atoms with Crippen molar-refractivity contribution >= 4 is 5.91 Å². The zero-order valence-corrected chi connectivity index (χ0v) is 13.3. The van der Waals surface area contributed by atoms with E-state index in [4.69, 9.17) is 4.52 Å². The highest BCUT2D eigenvalue weighted by molar-refractivity contribution is 6.01. The molecule has 0 fully saturated rings. The van der Waals surface area contributed by atoms with Crippen molar-refractivity contribution in [3.63, 3.8) is 0 Å². The van der Waals surface area contributed by atoms with E-state index in [1.807, 2.05) is 60.7 Å². The number of carbonyl (C=O) groups excluding carboxylic acids is 1. The highest BCUT2D eigenvalue weighted by Gasteiger charge is 2.24. The lowest BCUT2D eigenvalue weighted by atomic mass is 10.0. The van der Waals surface area contributed by atoms with E-state index >= 15 is 0 Å². The van der Waals surface area contributed by atoms with Gasteiger partial charge in [0.2, 0.25) is 0 Å². The maximum Gasteiger partial charge on any atom is 0.257 e. The van der Waals surface area contributed by atoms with Crippen LogP contribution in [0.3, 0.4) is 0 Å². The monoisotopic (exact) mass is 322 g/mol. The summed E-state index contributed by atoms with van der Waals surface area (Å²) in [6, 6.07) is 18.2. The van der Waals surface area contributed by atoms with Crippen molar-refractivity contribution in [2.24, 2.45) is 0 Å². The van der Waals surface area contributed by atoms with Crippen LogP contribution in [0.4, 0.5) is 0 Å². The molecule has 5 heteroatoms. The Labute approximate surface area is 139 Å². The van der Waals surface area contributed by atoms with E-state index in [0.717, 1.165) is 11.1 Å². The Balaban J connectivity index is 1.89.